The minimum atomic E-state index is -0.953. The molecule has 0 bridgehead atoms. The number of anilines is 3. The van der Waals surface area contributed by atoms with Gasteiger partial charge in [0, 0.05) is 19.5 Å². The number of nitrogens with zero attached hydrogens (tertiary/aromatic N) is 2. The average molecular weight is 444 g/mol. The van der Waals surface area contributed by atoms with Crippen molar-refractivity contribution < 1.29 is 9.59 Å². The Bertz CT molecular complexity index is 1090. The molecule has 1 fully saturated rings. The standard InChI is InChI=1S/C22H26ClN5O3/c1-11-4-5-16(15(23)7-11)24-20(30)14-8-17(29)25-19-18(14)21(31)27-22(26-19)28-9-12(2)6-13(3)10-28/h4-5,7,12-14H,6,8-10H2,1-3H3,(H,24,30)(H2,25,26,27,29,31)/t12-,13-,14+/m0/s1. The number of benzene rings is 1. The summed E-state index contributed by atoms with van der Waals surface area (Å²) in [7, 11) is 0. The van der Waals surface area contributed by atoms with Crippen molar-refractivity contribution in [1.29, 1.82) is 0 Å². The number of piperidine rings is 1. The van der Waals surface area contributed by atoms with E-state index in [9.17, 15) is 14.4 Å². The first-order chi connectivity index (χ1) is 14.7. The van der Waals surface area contributed by atoms with E-state index in [-0.39, 0.29) is 23.7 Å². The number of H-pyrrole nitrogens is 1. The van der Waals surface area contributed by atoms with Crippen molar-refractivity contribution in [2.24, 2.45) is 11.8 Å². The second-order valence-corrected chi connectivity index (χ2v) is 9.19. The molecule has 8 nitrogen and oxygen atoms in total. The van der Waals surface area contributed by atoms with Gasteiger partial charge in [0.25, 0.3) is 5.56 Å². The molecule has 2 aliphatic heterocycles. The quantitative estimate of drug-likeness (QED) is 0.674. The number of aromatic nitrogens is 2. The summed E-state index contributed by atoms with van der Waals surface area (Å²) in [4.78, 5) is 47.7. The summed E-state index contributed by atoms with van der Waals surface area (Å²) in [5.74, 6) is -0.268. The Morgan fingerprint density at radius 1 is 1.23 bits per heavy atom. The van der Waals surface area contributed by atoms with Gasteiger partial charge in [0.1, 0.15) is 5.82 Å². The van der Waals surface area contributed by atoms with Crippen molar-refractivity contribution in [3.05, 3.63) is 44.7 Å². The number of amides is 2. The molecule has 31 heavy (non-hydrogen) atoms. The average Bonchev–Trinajstić information content (AvgIpc) is 2.68. The van der Waals surface area contributed by atoms with Gasteiger partial charge in [0.2, 0.25) is 17.8 Å². The van der Waals surface area contributed by atoms with Crippen molar-refractivity contribution in [1.82, 2.24) is 9.97 Å². The summed E-state index contributed by atoms with van der Waals surface area (Å²) in [6.07, 6.45) is 0.983. The van der Waals surface area contributed by atoms with Crippen LogP contribution in [0.1, 0.15) is 43.7 Å². The number of hydrogen-bond donors (Lipinski definition) is 3. The highest BCUT2D eigenvalue weighted by Gasteiger charge is 2.36. The highest BCUT2D eigenvalue weighted by Crippen LogP contribution is 2.32. The maximum absolute atomic E-state index is 13.0. The molecule has 3 heterocycles. The number of aryl methyl sites for hydroxylation is 1. The molecule has 1 saturated heterocycles. The minimum Gasteiger partial charge on any atom is -0.342 e. The summed E-state index contributed by atoms with van der Waals surface area (Å²) in [6, 6.07) is 5.26. The van der Waals surface area contributed by atoms with Crippen LogP contribution in [0.5, 0.6) is 0 Å². The highest BCUT2D eigenvalue weighted by molar-refractivity contribution is 6.33. The molecule has 4 rings (SSSR count). The maximum atomic E-state index is 13.0. The number of carbonyl (C=O) groups is 2. The summed E-state index contributed by atoms with van der Waals surface area (Å²) < 4.78 is 0. The molecule has 164 valence electrons. The van der Waals surface area contributed by atoms with Crippen LogP contribution in [0.15, 0.2) is 23.0 Å². The zero-order valence-corrected chi connectivity index (χ0v) is 18.5. The monoisotopic (exact) mass is 443 g/mol. The third-order valence-corrected chi connectivity index (χ3v) is 6.12. The molecule has 2 amide bonds. The van der Waals surface area contributed by atoms with E-state index < -0.39 is 17.4 Å². The van der Waals surface area contributed by atoms with Gasteiger partial charge in [0.15, 0.2) is 0 Å². The van der Waals surface area contributed by atoms with Crippen LogP contribution in [-0.2, 0) is 9.59 Å². The third kappa shape index (κ3) is 4.44. The fraction of sp³-hybridized carbons (Fsp3) is 0.455. The third-order valence-electron chi connectivity index (χ3n) is 5.81. The van der Waals surface area contributed by atoms with E-state index in [4.69, 9.17) is 11.6 Å². The Labute approximate surface area is 185 Å². The SMILES string of the molecule is Cc1ccc(NC(=O)[C@@H]2CC(=O)Nc3nc(N4C[C@@H](C)C[C@H](C)C4)[nH]c(=O)c32)c(Cl)c1. The van der Waals surface area contributed by atoms with Crippen LogP contribution in [0, 0.1) is 18.8 Å². The van der Waals surface area contributed by atoms with E-state index in [1.807, 2.05) is 17.9 Å². The molecule has 0 saturated carbocycles. The molecular weight excluding hydrogens is 418 g/mol. The lowest BCUT2D eigenvalue weighted by Crippen LogP contribution is -2.42. The summed E-state index contributed by atoms with van der Waals surface area (Å²) in [5, 5.41) is 5.80. The van der Waals surface area contributed by atoms with Gasteiger partial charge in [-0.25, -0.2) is 0 Å². The van der Waals surface area contributed by atoms with E-state index in [1.54, 1.807) is 12.1 Å². The van der Waals surface area contributed by atoms with Gasteiger partial charge in [-0.05, 0) is 42.9 Å². The van der Waals surface area contributed by atoms with Gasteiger partial charge < -0.3 is 15.5 Å². The molecule has 9 heteroatoms. The second-order valence-electron chi connectivity index (χ2n) is 8.78. The van der Waals surface area contributed by atoms with Crippen molar-refractivity contribution in [3.63, 3.8) is 0 Å². The smallest absolute Gasteiger partial charge is 0.258 e. The normalized spacial score (nSPS) is 23.2. The molecule has 0 spiro atoms. The first-order valence-corrected chi connectivity index (χ1v) is 10.8. The lowest BCUT2D eigenvalue weighted by atomic mass is 9.91. The molecule has 0 aliphatic carbocycles. The van der Waals surface area contributed by atoms with Crippen LogP contribution in [0.4, 0.5) is 17.5 Å². The predicted molar refractivity (Wildman–Crippen MR) is 121 cm³/mol. The number of halogens is 1. The molecule has 0 radical (unpaired) electrons. The first kappa shape index (κ1) is 21.4. The van der Waals surface area contributed by atoms with Crippen LogP contribution in [0.2, 0.25) is 5.02 Å². The molecule has 0 unspecified atom stereocenters. The first-order valence-electron chi connectivity index (χ1n) is 10.5. The fourth-order valence-electron chi connectivity index (χ4n) is 4.51. The van der Waals surface area contributed by atoms with Crippen LogP contribution in [0.3, 0.4) is 0 Å². The molecule has 1 aromatic carbocycles. The Morgan fingerprint density at radius 2 is 1.94 bits per heavy atom. The molecule has 2 aliphatic rings. The van der Waals surface area contributed by atoms with Crippen molar-refractivity contribution in [2.75, 3.05) is 28.6 Å². The van der Waals surface area contributed by atoms with E-state index in [2.05, 4.69) is 34.4 Å². The van der Waals surface area contributed by atoms with Gasteiger partial charge >= 0.3 is 0 Å². The maximum Gasteiger partial charge on any atom is 0.258 e. The second kappa shape index (κ2) is 8.34. The number of rotatable bonds is 3. The van der Waals surface area contributed by atoms with E-state index in [0.717, 1.165) is 25.1 Å². The Kier molecular flexibility index (Phi) is 5.75. The Morgan fingerprint density at radius 3 is 2.61 bits per heavy atom. The number of fused-ring (bicyclic) bond motifs is 1. The topological polar surface area (TPSA) is 107 Å². The van der Waals surface area contributed by atoms with Crippen molar-refractivity contribution >= 4 is 40.9 Å². The predicted octanol–water partition coefficient (Wildman–Crippen LogP) is 3.28. The lowest BCUT2D eigenvalue weighted by molar-refractivity contribution is -0.123. The molecule has 1 aromatic heterocycles. The Balaban J connectivity index is 1.65. The lowest BCUT2D eigenvalue weighted by Gasteiger charge is -2.35. The molecule has 2 aromatic rings. The van der Waals surface area contributed by atoms with Gasteiger partial charge in [-0.3, -0.25) is 19.4 Å². The fourth-order valence-corrected chi connectivity index (χ4v) is 4.79. The zero-order valence-electron chi connectivity index (χ0n) is 17.8. The number of carbonyl (C=O) groups excluding carboxylic acids is 2. The van der Waals surface area contributed by atoms with Gasteiger partial charge in [-0.15, -0.1) is 0 Å². The summed E-state index contributed by atoms with van der Waals surface area (Å²) in [6.45, 7) is 7.77. The van der Waals surface area contributed by atoms with Gasteiger partial charge in [-0.2, -0.15) is 4.98 Å². The molecule has 3 atom stereocenters. The molecular formula is C22H26ClN5O3. The van der Waals surface area contributed by atoms with Crippen LogP contribution in [-0.4, -0.2) is 34.9 Å². The van der Waals surface area contributed by atoms with E-state index in [0.29, 0.717) is 28.5 Å². The van der Waals surface area contributed by atoms with E-state index in [1.165, 1.54) is 0 Å². The van der Waals surface area contributed by atoms with Crippen LogP contribution < -0.4 is 21.1 Å². The highest BCUT2D eigenvalue weighted by atomic mass is 35.5. The largest absolute Gasteiger partial charge is 0.342 e. The van der Waals surface area contributed by atoms with Crippen LogP contribution in [0.25, 0.3) is 0 Å². The van der Waals surface area contributed by atoms with Gasteiger partial charge in [0.05, 0.1) is 22.2 Å². The molecule has 3 N–H and O–H groups in total. The van der Waals surface area contributed by atoms with Crippen molar-refractivity contribution in [2.45, 2.75) is 39.5 Å². The number of aromatic amines is 1. The Hall–Kier alpha value is -2.87. The minimum absolute atomic E-state index is 0.135. The summed E-state index contributed by atoms with van der Waals surface area (Å²) in [5.41, 5.74) is 1.14. The van der Waals surface area contributed by atoms with Crippen LogP contribution >= 0.6 is 11.6 Å². The number of nitrogens with one attached hydrogen (secondary N) is 3. The van der Waals surface area contributed by atoms with Gasteiger partial charge in [-0.1, -0.05) is 31.5 Å². The zero-order chi connectivity index (χ0) is 22.3. The van der Waals surface area contributed by atoms with E-state index >= 15 is 0 Å². The van der Waals surface area contributed by atoms with Crippen molar-refractivity contribution in [3.8, 4) is 0 Å². The summed E-state index contributed by atoms with van der Waals surface area (Å²) >= 11 is 6.22. The number of hydrogen-bond acceptors (Lipinski definition) is 5.